The summed E-state index contributed by atoms with van der Waals surface area (Å²) in [7, 11) is 2.75. The van der Waals surface area contributed by atoms with Crippen molar-refractivity contribution in [2.45, 2.75) is 61.8 Å². The number of carbonyl (C=O) groups excluding carboxylic acids is 12. The molecule has 0 aromatic heterocycles. The van der Waals surface area contributed by atoms with Crippen molar-refractivity contribution in [1.29, 1.82) is 0 Å². The number of aryl methyl sites for hydroxylation is 5. The number of amides is 8. The van der Waals surface area contributed by atoms with E-state index in [4.69, 9.17) is 9.47 Å². The summed E-state index contributed by atoms with van der Waals surface area (Å²) in [4.78, 5) is 158. The van der Waals surface area contributed by atoms with E-state index in [1.165, 1.54) is 140 Å². The second-order valence-electron chi connectivity index (χ2n) is 22.4. The lowest BCUT2D eigenvalue weighted by molar-refractivity contribution is -0.132. The Labute approximate surface area is 509 Å². The first kappa shape index (κ1) is 59.3. The number of anilines is 2. The van der Waals surface area contributed by atoms with Gasteiger partial charge in [-0.2, -0.15) is 0 Å². The van der Waals surface area contributed by atoms with Crippen LogP contribution in [0.3, 0.4) is 0 Å². The molecule has 0 saturated carbocycles. The summed E-state index contributed by atoms with van der Waals surface area (Å²) < 4.78 is 10.6. The van der Waals surface area contributed by atoms with E-state index in [-0.39, 0.29) is 78.2 Å². The molecule has 0 aliphatic carbocycles. The highest BCUT2D eigenvalue weighted by Gasteiger charge is 2.42. The molecule has 18 nitrogen and oxygen atoms in total. The van der Waals surface area contributed by atoms with Gasteiger partial charge in [0.15, 0.2) is 17.3 Å². The number of hydrogen-bond acceptors (Lipinski definition) is 14. The minimum absolute atomic E-state index is 0.0133. The summed E-state index contributed by atoms with van der Waals surface area (Å²) in [5, 5.41) is 0. The lowest BCUT2D eigenvalue weighted by atomic mass is 9.94. The van der Waals surface area contributed by atoms with Gasteiger partial charge in [-0.1, -0.05) is 60.7 Å². The fourth-order valence-electron chi connectivity index (χ4n) is 11.7. The average Bonchev–Trinajstić information content (AvgIpc) is 2.09. The van der Waals surface area contributed by atoms with Gasteiger partial charge in [0.05, 0.1) is 55.9 Å². The third kappa shape index (κ3) is 10.4. The maximum absolute atomic E-state index is 13.8. The smallest absolute Gasteiger partial charge is 0.308 e. The SMILES string of the molecule is CC(=O)Oc1ccc(-c2ccc(OC(C)=O)c(N3C(=O)c4ccc(C(=O)c5ccc6c(c5)C(=O)N(C)C6=O)cc4C3=O)c2)cc1C.Cc1cc(Cc2cc(C)c(N3C(=O)c4ccc(C(=O)c5ccc6c(c5)C(=O)N(C)C6=O)cc4C3=O)c(C)c2)cc(C)c1C. The number of ether oxygens (including phenoxy) is 2. The van der Waals surface area contributed by atoms with Crippen molar-refractivity contribution in [3.8, 4) is 22.6 Å². The van der Waals surface area contributed by atoms with Crippen LogP contribution in [0.4, 0.5) is 11.4 Å². The number of imide groups is 4. The number of benzene rings is 8. The van der Waals surface area contributed by atoms with Crippen molar-refractivity contribution in [3.63, 3.8) is 0 Å². The summed E-state index contributed by atoms with van der Waals surface area (Å²) in [6.45, 7) is 14.4. The predicted molar refractivity (Wildman–Crippen MR) is 326 cm³/mol. The molecule has 12 rings (SSSR count). The van der Waals surface area contributed by atoms with E-state index in [1.54, 1.807) is 31.2 Å². The molecule has 4 heterocycles. The Hall–Kier alpha value is -11.4. The lowest BCUT2D eigenvalue weighted by Gasteiger charge is -2.21. The fourth-order valence-corrected chi connectivity index (χ4v) is 11.7. The summed E-state index contributed by atoms with van der Waals surface area (Å²) in [6, 6.07) is 35.2. The van der Waals surface area contributed by atoms with E-state index in [2.05, 4.69) is 32.9 Å². The first-order chi connectivity index (χ1) is 42.2. The maximum atomic E-state index is 13.8. The molecular formula is C71H54N4O14. The number of hydrogen-bond donors (Lipinski definition) is 0. The second-order valence-corrected chi connectivity index (χ2v) is 22.4. The Morgan fingerprint density at radius 2 is 0.685 bits per heavy atom. The summed E-state index contributed by atoms with van der Waals surface area (Å²) in [5.74, 6) is -5.95. The standard InChI is InChI=1S/C36H30N2O5.C35H24N2O9/c1-18-11-23(12-19(2)22(18)5)15-24-13-20(3)31(21(4)14-24)38-35(42)28-10-8-26(17-30(28)36(38)43)32(39)25-7-9-27-29(16-25)34(41)37(6)33(27)40;1-17-13-20(7-11-29(17)45-18(2)38)21-8-12-30(46-19(3)39)28(16-21)37-34(43)25-10-6-23(15-27(25)35(37)44)31(40)22-5-9-24-26(14-22)33(42)36(4)32(24)41/h7-14,16-17H,15H2,1-6H3;5-16H,1-4H3. The minimum atomic E-state index is -0.738. The number of esters is 2. The zero-order chi connectivity index (χ0) is 63.9. The van der Waals surface area contributed by atoms with E-state index in [1.807, 2.05) is 26.0 Å². The van der Waals surface area contributed by atoms with Gasteiger partial charge in [0.25, 0.3) is 47.3 Å². The van der Waals surface area contributed by atoms with Crippen LogP contribution in [0.25, 0.3) is 11.1 Å². The van der Waals surface area contributed by atoms with Crippen LogP contribution in [0.5, 0.6) is 11.5 Å². The Kier molecular flexibility index (Phi) is 15.0. The summed E-state index contributed by atoms with van der Waals surface area (Å²) in [5.41, 5.74) is 11.9. The Bertz CT molecular complexity index is 4600. The van der Waals surface area contributed by atoms with Gasteiger partial charge in [-0.05, 0) is 176 Å². The molecule has 0 N–H and O–H groups in total. The van der Waals surface area contributed by atoms with Crippen molar-refractivity contribution in [2.75, 3.05) is 23.9 Å². The zero-order valence-electron chi connectivity index (χ0n) is 49.9. The third-order valence-electron chi connectivity index (χ3n) is 16.4. The monoisotopic (exact) mass is 1190 g/mol. The van der Waals surface area contributed by atoms with Crippen LogP contribution in [0.2, 0.25) is 0 Å². The van der Waals surface area contributed by atoms with Gasteiger partial charge in [0.2, 0.25) is 0 Å². The topological polar surface area (TPSA) is 236 Å². The van der Waals surface area contributed by atoms with Crippen molar-refractivity contribution < 1.29 is 67.0 Å². The normalized spacial score (nSPS) is 13.8. The van der Waals surface area contributed by atoms with Crippen LogP contribution < -0.4 is 19.3 Å². The van der Waals surface area contributed by atoms with Crippen LogP contribution in [-0.4, -0.2) is 94.7 Å². The molecule has 8 amide bonds. The molecule has 0 bridgehead atoms. The molecule has 0 atom stereocenters. The van der Waals surface area contributed by atoms with E-state index < -0.39 is 70.8 Å². The number of rotatable bonds is 11. The highest BCUT2D eigenvalue weighted by Crippen LogP contribution is 2.41. The summed E-state index contributed by atoms with van der Waals surface area (Å²) in [6.07, 6.45) is 0.732. The molecule has 0 saturated heterocycles. The Morgan fingerprint density at radius 1 is 0.348 bits per heavy atom. The van der Waals surface area contributed by atoms with Crippen LogP contribution in [0.1, 0.15) is 173 Å². The van der Waals surface area contributed by atoms with Gasteiger partial charge in [0, 0.05) is 50.2 Å². The molecule has 442 valence electrons. The van der Waals surface area contributed by atoms with Gasteiger partial charge in [0.1, 0.15) is 5.75 Å². The number of nitrogens with zero attached hydrogens (tertiary/aromatic N) is 4. The van der Waals surface area contributed by atoms with Crippen molar-refractivity contribution in [3.05, 3.63) is 245 Å². The van der Waals surface area contributed by atoms with Crippen molar-refractivity contribution in [2.24, 2.45) is 0 Å². The Balaban J connectivity index is 0.000000184. The van der Waals surface area contributed by atoms with Crippen molar-refractivity contribution >= 4 is 82.1 Å². The first-order valence-corrected chi connectivity index (χ1v) is 28.1. The van der Waals surface area contributed by atoms with Gasteiger partial charge in [-0.3, -0.25) is 67.3 Å². The second kappa shape index (κ2) is 22.5. The highest BCUT2D eigenvalue weighted by atomic mass is 16.5. The van der Waals surface area contributed by atoms with Crippen LogP contribution in [0, 0.1) is 41.5 Å². The molecule has 8 aromatic rings. The zero-order valence-corrected chi connectivity index (χ0v) is 49.9. The maximum Gasteiger partial charge on any atom is 0.308 e. The number of carbonyl (C=O) groups is 12. The largest absolute Gasteiger partial charge is 0.426 e. The summed E-state index contributed by atoms with van der Waals surface area (Å²) >= 11 is 0. The molecule has 8 aromatic carbocycles. The van der Waals surface area contributed by atoms with Gasteiger partial charge in [-0.15, -0.1) is 0 Å². The van der Waals surface area contributed by atoms with Gasteiger partial charge in [-0.25, -0.2) is 9.80 Å². The van der Waals surface area contributed by atoms with E-state index in [0.717, 1.165) is 37.8 Å². The van der Waals surface area contributed by atoms with E-state index in [9.17, 15) is 57.5 Å². The molecule has 0 radical (unpaired) electrons. The fraction of sp³-hybridized carbons (Fsp3) is 0.155. The van der Waals surface area contributed by atoms with E-state index in [0.29, 0.717) is 28.1 Å². The van der Waals surface area contributed by atoms with Crippen LogP contribution >= 0.6 is 0 Å². The van der Waals surface area contributed by atoms with Crippen LogP contribution in [0.15, 0.2) is 133 Å². The van der Waals surface area contributed by atoms with Gasteiger partial charge >= 0.3 is 11.9 Å². The molecule has 18 heteroatoms. The van der Waals surface area contributed by atoms with Crippen LogP contribution in [-0.2, 0) is 16.0 Å². The highest BCUT2D eigenvalue weighted by molar-refractivity contribution is 6.36. The molecular weight excluding hydrogens is 1130 g/mol. The molecule has 0 fully saturated rings. The third-order valence-corrected chi connectivity index (χ3v) is 16.4. The number of fused-ring (bicyclic) bond motifs is 4. The lowest BCUT2D eigenvalue weighted by Crippen LogP contribution is -2.30. The van der Waals surface area contributed by atoms with Crippen molar-refractivity contribution in [1.82, 2.24) is 9.80 Å². The molecule has 4 aliphatic heterocycles. The predicted octanol–water partition coefficient (Wildman–Crippen LogP) is 10.8. The Morgan fingerprint density at radius 3 is 1.11 bits per heavy atom. The van der Waals surface area contributed by atoms with E-state index >= 15 is 0 Å². The number of ketones is 2. The quantitative estimate of drug-likeness (QED) is 0.0507. The molecule has 89 heavy (non-hydrogen) atoms. The molecule has 0 spiro atoms. The minimum Gasteiger partial charge on any atom is -0.426 e. The molecule has 4 aliphatic rings. The first-order valence-electron chi connectivity index (χ1n) is 28.1. The van der Waals surface area contributed by atoms with Gasteiger partial charge < -0.3 is 9.47 Å². The molecule has 0 unspecified atom stereocenters. The average molecular weight is 1190 g/mol.